The highest BCUT2D eigenvalue weighted by molar-refractivity contribution is 7.99. The topological polar surface area (TPSA) is 35.8 Å². The van der Waals surface area contributed by atoms with Gasteiger partial charge in [0.1, 0.15) is 6.07 Å². The number of thioether (sulfide) groups is 1. The molecule has 0 fully saturated rings. The van der Waals surface area contributed by atoms with E-state index in [0.29, 0.717) is 5.56 Å². The SMILES string of the molecule is N#Cc1ccccc1NCCSc1ccccc1. The number of benzene rings is 2. The number of nitrogens with one attached hydrogen (secondary N) is 1. The highest BCUT2D eigenvalue weighted by Crippen LogP contribution is 2.17. The maximum atomic E-state index is 8.96. The van der Waals surface area contributed by atoms with Gasteiger partial charge in [-0.15, -0.1) is 11.8 Å². The lowest BCUT2D eigenvalue weighted by Gasteiger charge is -2.07. The lowest BCUT2D eigenvalue weighted by Crippen LogP contribution is -2.05. The van der Waals surface area contributed by atoms with Crippen molar-refractivity contribution in [2.45, 2.75) is 4.90 Å². The summed E-state index contributed by atoms with van der Waals surface area (Å²) in [5.41, 5.74) is 1.61. The molecule has 0 heterocycles. The van der Waals surface area contributed by atoms with Gasteiger partial charge >= 0.3 is 0 Å². The molecular weight excluding hydrogens is 240 g/mol. The lowest BCUT2D eigenvalue weighted by molar-refractivity contribution is 1.22. The summed E-state index contributed by atoms with van der Waals surface area (Å²) >= 11 is 1.81. The largest absolute Gasteiger partial charge is 0.383 e. The molecule has 2 rings (SSSR count). The van der Waals surface area contributed by atoms with Crippen LogP contribution in [0.4, 0.5) is 5.69 Å². The summed E-state index contributed by atoms with van der Waals surface area (Å²) in [5.74, 6) is 0.976. The molecule has 90 valence electrons. The maximum Gasteiger partial charge on any atom is 0.101 e. The standard InChI is InChI=1S/C15H14N2S/c16-12-13-6-4-5-9-15(13)17-10-11-18-14-7-2-1-3-8-14/h1-9,17H,10-11H2. The van der Waals surface area contributed by atoms with Crippen LogP contribution in [0.25, 0.3) is 0 Å². The zero-order valence-electron chi connectivity index (χ0n) is 9.97. The van der Waals surface area contributed by atoms with Gasteiger partial charge in [0.25, 0.3) is 0 Å². The van der Waals surface area contributed by atoms with Crippen molar-refractivity contribution < 1.29 is 0 Å². The Balaban J connectivity index is 1.81. The maximum absolute atomic E-state index is 8.96. The third-order valence-electron chi connectivity index (χ3n) is 2.48. The summed E-state index contributed by atoms with van der Waals surface area (Å²) in [6.45, 7) is 0.845. The summed E-state index contributed by atoms with van der Waals surface area (Å²) in [7, 11) is 0. The summed E-state index contributed by atoms with van der Waals surface area (Å²) in [6.07, 6.45) is 0. The van der Waals surface area contributed by atoms with Crippen LogP contribution in [0.2, 0.25) is 0 Å². The molecule has 0 aliphatic rings. The van der Waals surface area contributed by atoms with Gasteiger partial charge < -0.3 is 5.32 Å². The van der Waals surface area contributed by atoms with Crippen molar-refractivity contribution in [1.29, 1.82) is 5.26 Å². The van der Waals surface area contributed by atoms with Gasteiger partial charge in [-0.25, -0.2) is 0 Å². The minimum absolute atomic E-state index is 0.696. The Morgan fingerprint density at radius 2 is 1.72 bits per heavy atom. The quantitative estimate of drug-likeness (QED) is 0.652. The molecule has 0 spiro atoms. The van der Waals surface area contributed by atoms with Crippen molar-refractivity contribution >= 4 is 17.4 Å². The molecule has 1 N–H and O–H groups in total. The first-order chi connectivity index (χ1) is 8.90. The Hall–Kier alpha value is -1.92. The van der Waals surface area contributed by atoms with Gasteiger partial charge in [0, 0.05) is 17.2 Å². The van der Waals surface area contributed by atoms with Crippen molar-refractivity contribution in [3.05, 3.63) is 60.2 Å². The smallest absolute Gasteiger partial charge is 0.101 e. The fourth-order valence-electron chi connectivity index (χ4n) is 1.61. The van der Waals surface area contributed by atoms with Crippen LogP contribution in [0, 0.1) is 11.3 Å². The van der Waals surface area contributed by atoms with Crippen LogP contribution in [-0.2, 0) is 0 Å². The summed E-state index contributed by atoms with van der Waals surface area (Å²) < 4.78 is 0. The van der Waals surface area contributed by atoms with Crippen molar-refractivity contribution in [2.24, 2.45) is 0 Å². The highest BCUT2D eigenvalue weighted by Gasteiger charge is 1.99. The van der Waals surface area contributed by atoms with Crippen LogP contribution < -0.4 is 5.32 Å². The molecule has 0 saturated carbocycles. The predicted molar refractivity (Wildman–Crippen MR) is 76.8 cm³/mol. The number of nitrogens with zero attached hydrogens (tertiary/aromatic N) is 1. The fourth-order valence-corrected chi connectivity index (χ4v) is 2.40. The molecule has 0 aromatic heterocycles. The Kier molecular flexibility index (Phi) is 4.68. The summed E-state index contributed by atoms with van der Waals surface area (Å²) in [5, 5.41) is 12.2. The Bertz CT molecular complexity index is 532. The van der Waals surface area contributed by atoms with Crippen LogP contribution in [0.3, 0.4) is 0 Å². The average Bonchev–Trinajstić information content (AvgIpc) is 2.45. The van der Waals surface area contributed by atoms with Crippen LogP contribution in [-0.4, -0.2) is 12.3 Å². The van der Waals surface area contributed by atoms with Crippen molar-refractivity contribution in [1.82, 2.24) is 0 Å². The molecule has 0 unspecified atom stereocenters. The summed E-state index contributed by atoms with van der Waals surface area (Å²) in [6, 6.07) is 20.1. The van der Waals surface area contributed by atoms with E-state index < -0.39 is 0 Å². The number of para-hydroxylation sites is 1. The van der Waals surface area contributed by atoms with Crippen LogP contribution in [0.15, 0.2) is 59.5 Å². The molecule has 0 bridgehead atoms. The molecule has 3 heteroatoms. The van der Waals surface area contributed by atoms with Gasteiger partial charge in [0.05, 0.1) is 11.3 Å². The van der Waals surface area contributed by atoms with E-state index in [0.717, 1.165) is 18.0 Å². The second-order valence-corrected chi connectivity index (χ2v) is 4.91. The Morgan fingerprint density at radius 3 is 2.50 bits per heavy atom. The van der Waals surface area contributed by atoms with Crippen LogP contribution in [0.1, 0.15) is 5.56 Å². The molecule has 0 aliphatic carbocycles. The zero-order chi connectivity index (χ0) is 12.6. The van der Waals surface area contributed by atoms with Gasteiger partial charge in [-0.3, -0.25) is 0 Å². The van der Waals surface area contributed by atoms with E-state index in [-0.39, 0.29) is 0 Å². The molecule has 2 aromatic rings. The molecule has 0 amide bonds. The van der Waals surface area contributed by atoms with Crippen LogP contribution in [0.5, 0.6) is 0 Å². The number of rotatable bonds is 5. The van der Waals surface area contributed by atoms with Crippen molar-refractivity contribution in [3.63, 3.8) is 0 Å². The fraction of sp³-hybridized carbons (Fsp3) is 0.133. The monoisotopic (exact) mass is 254 g/mol. The first-order valence-corrected chi connectivity index (χ1v) is 6.79. The lowest BCUT2D eigenvalue weighted by atomic mass is 10.2. The molecule has 2 aromatic carbocycles. The molecular formula is C15H14N2S. The van der Waals surface area contributed by atoms with E-state index in [2.05, 4.69) is 23.5 Å². The van der Waals surface area contributed by atoms with E-state index in [1.165, 1.54) is 4.90 Å². The number of anilines is 1. The van der Waals surface area contributed by atoms with E-state index in [9.17, 15) is 0 Å². The van der Waals surface area contributed by atoms with Gasteiger partial charge in [0.2, 0.25) is 0 Å². The number of hydrogen-bond acceptors (Lipinski definition) is 3. The minimum atomic E-state index is 0.696. The zero-order valence-corrected chi connectivity index (χ0v) is 10.8. The predicted octanol–water partition coefficient (Wildman–Crippen LogP) is 3.76. The molecule has 0 radical (unpaired) electrons. The molecule has 0 saturated heterocycles. The summed E-state index contributed by atoms with van der Waals surface area (Å²) in [4.78, 5) is 1.27. The second kappa shape index (κ2) is 6.73. The van der Waals surface area contributed by atoms with E-state index in [1.807, 2.05) is 54.2 Å². The number of nitriles is 1. The average molecular weight is 254 g/mol. The first-order valence-electron chi connectivity index (χ1n) is 5.81. The normalized spacial score (nSPS) is 9.72. The van der Waals surface area contributed by atoms with E-state index >= 15 is 0 Å². The first kappa shape index (κ1) is 12.5. The van der Waals surface area contributed by atoms with Crippen molar-refractivity contribution in [2.75, 3.05) is 17.6 Å². The van der Waals surface area contributed by atoms with E-state index in [1.54, 1.807) is 0 Å². The number of hydrogen-bond donors (Lipinski definition) is 1. The minimum Gasteiger partial charge on any atom is -0.383 e. The molecule has 2 nitrogen and oxygen atoms in total. The molecule has 0 atom stereocenters. The van der Waals surface area contributed by atoms with Gasteiger partial charge in [-0.1, -0.05) is 30.3 Å². The Morgan fingerprint density at radius 1 is 1.00 bits per heavy atom. The molecule has 0 aliphatic heterocycles. The highest BCUT2D eigenvalue weighted by atomic mass is 32.2. The Labute approximate surface area is 112 Å². The molecule has 18 heavy (non-hydrogen) atoms. The third kappa shape index (κ3) is 3.54. The third-order valence-corrected chi connectivity index (χ3v) is 3.49. The van der Waals surface area contributed by atoms with Crippen LogP contribution >= 0.6 is 11.8 Å². The van der Waals surface area contributed by atoms with E-state index in [4.69, 9.17) is 5.26 Å². The van der Waals surface area contributed by atoms with Gasteiger partial charge in [-0.05, 0) is 24.3 Å². The van der Waals surface area contributed by atoms with Crippen molar-refractivity contribution in [3.8, 4) is 6.07 Å². The van der Waals surface area contributed by atoms with Gasteiger partial charge in [0.15, 0.2) is 0 Å². The van der Waals surface area contributed by atoms with Gasteiger partial charge in [-0.2, -0.15) is 5.26 Å². The second-order valence-electron chi connectivity index (χ2n) is 3.75.